The number of pyridine rings is 1. The molecule has 2 aromatic rings. The number of aryl methyl sites for hydroxylation is 1. The predicted molar refractivity (Wildman–Crippen MR) is 74.1 cm³/mol. The van der Waals surface area contributed by atoms with Crippen LogP contribution in [0.15, 0.2) is 18.3 Å². The Kier molecular flexibility index (Phi) is 4.33. The number of rotatable bonds is 6. The van der Waals surface area contributed by atoms with Crippen LogP contribution in [0.3, 0.4) is 0 Å². The number of fused-ring (bicyclic) bond motifs is 1. The molecule has 0 spiro atoms. The van der Waals surface area contributed by atoms with E-state index in [1.54, 1.807) is 4.52 Å². The highest BCUT2D eigenvalue weighted by atomic mass is 16.1. The highest BCUT2D eigenvalue weighted by molar-refractivity contribution is 5.76. The molecule has 0 saturated carbocycles. The van der Waals surface area contributed by atoms with E-state index in [1.165, 1.54) is 0 Å². The third-order valence-corrected chi connectivity index (χ3v) is 2.76. The zero-order chi connectivity index (χ0) is 13.7. The molecule has 0 aromatic carbocycles. The van der Waals surface area contributed by atoms with Crippen molar-refractivity contribution in [2.75, 3.05) is 18.4 Å². The van der Waals surface area contributed by atoms with E-state index in [1.807, 2.05) is 32.2 Å². The van der Waals surface area contributed by atoms with Crippen LogP contribution < -0.4 is 10.6 Å². The van der Waals surface area contributed by atoms with Gasteiger partial charge in [0.2, 0.25) is 11.9 Å². The molecule has 0 bridgehead atoms. The number of carbonyl (C=O) groups is 1. The molecule has 0 aliphatic rings. The van der Waals surface area contributed by atoms with Gasteiger partial charge in [0.05, 0.1) is 0 Å². The van der Waals surface area contributed by atoms with Gasteiger partial charge in [-0.05, 0) is 25.0 Å². The Morgan fingerprint density at radius 1 is 1.42 bits per heavy atom. The Balaban J connectivity index is 1.88. The van der Waals surface area contributed by atoms with E-state index in [2.05, 4.69) is 20.7 Å². The summed E-state index contributed by atoms with van der Waals surface area (Å²) in [5, 5.41) is 10.2. The lowest BCUT2D eigenvalue weighted by Gasteiger charge is -2.03. The minimum atomic E-state index is 0.0503. The molecule has 6 heteroatoms. The molecule has 1 amide bonds. The molecule has 0 aliphatic heterocycles. The van der Waals surface area contributed by atoms with Gasteiger partial charge in [0, 0.05) is 25.7 Å². The number of hydrogen-bond acceptors (Lipinski definition) is 4. The summed E-state index contributed by atoms with van der Waals surface area (Å²) in [5.74, 6) is 0.604. The van der Waals surface area contributed by atoms with Crippen molar-refractivity contribution in [3.63, 3.8) is 0 Å². The molecule has 6 nitrogen and oxygen atoms in total. The summed E-state index contributed by atoms with van der Waals surface area (Å²) in [7, 11) is 0. The fraction of sp³-hybridized carbons (Fsp3) is 0.462. The Bertz CT molecular complexity index is 563. The van der Waals surface area contributed by atoms with E-state index in [0.29, 0.717) is 18.9 Å². The van der Waals surface area contributed by atoms with Gasteiger partial charge in [-0.2, -0.15) is 4.98 Å². The minimum absolute atomic E-state index is 0.0503. The van der Waals surface area contributed by atoms with Crippen LogP contribution in [0.1, 0.15) is 25.3 Å². The first-order chi connectivity index (χ1) is 9.20. The lowest BCUT2D eigenvalue weighted by atomic mass is 10.3. The Hall–Kier alpha value is -2.11. The fourth-order valence-corrected chi connectivity index (χ4v) is 1.76. The number of carbonyl (C=O) groups excluding carboxylic acids is 1. The maximum atomic E-state index is 11.4. The highest BCUT2D eigenvalue weighted by Crippen LogP contribution is 2.09. The molecule has 0 aliphatic carbocycles. The second-order valence-electron chi connectivity index (χ2n) is 4.42. The van der Waals surface area contributed by atoms with Crippen LogP contribution >= 0.6 is 0 Å². The molecule has 0 unspecified atom stereocenters. The molecule has 102 valence electrons. The molecule has 2 rings (SSSR count). The van der Waals surface area contributed by atoms with Crippen LogP contribution in [0.4, 0.5) is 5.95 Å². The fourth-order valence-electron chi connectivity index (χ4n) is 1.76. The van der Waals surface area contributed by atoms with E-state index in [9.17, 15) is 4.79 Å². The van der Waals surface area contributed by atoms with Crippen molar-refractivity contribution in [2.45, 2.75) is 26.7 Å². The molecule has 2 N–H and O–H groups in total. The van der Waals surface area contributed by atoms with E-state index in [0.717, 1.165) is 24.2 Å². The number of amides is 1. The number of nitrogens with one attached hydrogen (secondary N) is 2. The summed E-state index contributed by atoms with van der Waals surface area (Å²) >= 11 is 0. The van der Waals surface area contributed by atoms with Crippen molar-refractivity contribution in [3.05, 3.63) is 23.9 Å². The Labute approximate surface area is 112 Å². The summed E-state index contributed by atoms with van der Waals surface area (Å²) in [4.78, 5) is 15.8. The monoisotopic (exact) mass is 261 g/mol. The van der Waals surface area contributed by atoms with Crippen LogP contribution in [0.25, 0.3) is 5.65 Å². The first kappa shape index (κ1) is 13.3. The van der Waals surface area contributed by atoms with Gasteiger partial charge in [-0.3, -0.25) is 4.79 Å². The Morgan fingerprint density at radius 3 is 3.00 bits per heavy atom. The number of anilines is 1. The molecule has 0 radical (unpaired) electrons. The van der Waals surface area contributed by atoms with Gasteiger partial charge >= 0.3 is 0 Å². The first-order valence-corrected chi connectivity index (χ1v) is 6.53. The normalized spacial score (nSPS) is 10.6. The highest BCUT2D eigenvalue weighted by Gasteiger charge is 2.05. The lowest BCUT2D eigenvalue weighted by molar-refractivity contribution is -0.120. The van der Waals surface area contributed by atoms with Crippen LogP contribution in [0, 0.1) is 6.92 Å². The second kappa shape index (κ2) is 6.17. The third-order valence-electron chi connectivity index (χ3n) is 2.76. The molecule has 2 heterocycles. The average Bonchev–Trinajstić information content (AvgIpc) is 2.81. The van der Waals surface area contributed by atoms with Crippen molar-refractivity contribution in [2.24, 2.45) is 0 Å². The van der Waals surface area contributed by atoms with E-state index >= 15 is 0 Å². The summed E-state index contributed by atoms with van der Waals surface area (Å²) in [6, 6.07) is 3.92. The van der Waals surface area contributed by atoms with Gasteiger partial charge in [0.15, 0.2) is 5.65 Å². The van der Waals surface area contributed by atoms with Crippen molar-refractivity contribution >= 4 is 17.5 Å². The zero-order valence-corrected chi connectivity index (χ0v) is 11.3. The van der Waals surface area contributed by atoms with Crippen molar-refractivity contribution in [3.8, 4) is 0 Å². The number of nitrogens with zero attached hydrogens (tertiary/aromatic N) is 3. The summed E-state index contributed by atoms with van der Waals surface area (Å²) in [6.45, 7) is 5.28. The van der Waals surface area contributed by atoms with Crippen molar-refractivity contribution in [1.82, 2.24) is 19.9 Å². The topological polar surface area (TPSA) is 71.3 Å². The molecule has 2 aromatic heterocycles. The van der Waals surface area contributed by atoms with Gasteiger partial charge in [0.25, 0.3) is 0 Å². The molecular formula is C13H19N5O. The van der Waals surface area contributed by atoms with Crippen LogP contribution in [-0.4, -0.2) is 33.6 Å². The van der Waals surface area contributed by atoms with E-state index in [-0.39, 0.29) is 5.91 Å². The van der Waals surface area contributed by atoms with Gasteiger partial charge in [-0.25, -0.2) is 4.52 Å². The van der Waals surface area contributed by atoms with Gasteiger partial charge in [-0.1, -0.05) is 13.0 Å². The van der Waals surface area contributed by atoms with Crippen LogP contribution in [-0.2, 0) is 4.79 Å². The summed E-state index contributed by atoms with van der Waals surface area (Å²) in [6.07, 6.45) is 3.23. The van der Waals surface area contributed by atoms with Crippen LogP contribution in [0.5, 0.6) is 0 Å². The Morgan fingerprint density at radius 2 is 2.26 bits per heavy atom. The zero-order valence-electron chi connectivity index (χ0n) is 11.3. The molecule has 0 atom stereocenters. The van der Waals surface area contributed by atoms with Gasteiger partial charge < -0.3 is 10.6 Å². The summed E-state index contributed by atoms with van der Waals surface area (Å²) in [5.41, 5.74) is 1.91. The van der Waals surface area contributed by atoms with Gasteiger partial charge in [-0.15, -0.1) is 5.10 Å². The maximum Gasteiger partial charge on any atom is 0.243 e. The molecule has 0 saturated heterocycles. The molecule has 19 heavy (non-hydrogen) atoms. The lowest BCUT2D eigenvalue weighted by Crippen LogP contribution is -2.26. The van der Waals surface area contributed by atoms with E-state index < -0.39 is 0 Å². The van der Waals surface area contributed by atoms with Gasteiger partial charge in [0.1, 0.15) is 0 Å². The minimum Gasteiger partial charge on any atom is -0.356 e. The second-order valence-corrected chi connectivity index (χ2v) is 4.42. The third kappa shape index (κ3) is 3.43. The predicted octanol–water partition coefficient (Wildman–Crippen LogP) is 1.37. The first-order valence-electron chi connectivity index (χ1n) is 6.53. The van der Waals surface area contributed by atoms with E-state index in [4.69, 9.17) is 0 Å². The maximum absolute atomic E-state index is 11.4. The molecule has 0 fully saturated rings. The standard InChI is InChI=1S/C13H19N5O/c1-3-7-14-11(19)6-8-15-13-16-12-10(2)5-4-9-18(12)17-13/h4-5,9H,3,6-8H2,1-2H3,(H,14,19)(H,15,17). The average molecular weight is 261 g/mol. The smallest absolute Gasteiger partial charge is 0.243 e. The number of hydrogen-bond donors (Lipinski definition) is 2. The largest absolute Gasteiger partial charge is 0.356 e. The quantitative estimate of drug-likeness (QED) is 0.823. The van der Waals surface area contributed by atoms with Crippen molar-refractivity contribution < 1.29 is 4.79 Å². The van der Waals surface area contributed by atoms with Crippen LogP contribution in [0.2, 0.25) is 0 Å². The SMILES string of the molecule is CCCNC(=O)CCNc1nc2c(C)cccn2n1. The summed E-state index contributed by atoms with van der Waals surface area (Å²) < 4.78 is 1.73. The van der Waals surface area contributed by atoms with Crippen molar-refractivity contribution in [1.29, 1.82) is 0 Å². The number of aromatic nitrogens is 3. The molecular weight excluding hydrogens is 242 g/mol.